The van der Waals surface area contributed by atoms with Crippen molar-refractivity contribution in [2.75, 3.05) is 5.32 Å². The van der Waals surface area contributed by atoms with E-state index in [1.165, 1.54) is 10.9 Å². The molecule has 3 aromatic rings. The van der Waals surface area contributed by atoms with Gasteiger partial charge in [-0.05, 0) is 26.0 Å². The lowest BCUT2D eigenvalue weighted by atomic mass is 10.1. The second-order valence-corrected chi connectivity index (χ2v) is 5.11. The van der Waals surface area contributed by atoms with Crippen LogP contribution in [-0.4, -0.2) is 14.8 Å². The van der Waals surface area contributed by atoms with Gasteiger partial charge >= 0.3 is 0 Å². The van der Waals surface area contributed by atoms with E-state index in [9.17, 15) is 0 Å². The summed E-state index contributed by atoms with van der Waals surface area (Å²) in [7, 11) is 1.95. The molecular weight excluding hydrogens is 248 g/mol. The molecule has 0 fully saturated rings. The lowest BCUT2D eigenvalue weighted by molar-refractivity contribution is 0.756. The third kappa shape index (κ3) is 2.25. The highest BCUT2D eigenvalue weighted by Gasteiger charge is 2.12. The summed E-state index contributed by atoms with van der Waals surface area (Å²) in [6, 6.07) is 8.48. The Hall–Kier alpha value is -2.36. The van der Waals surface area contributed by atoms with Crippen molar-refractivity contribution in [2.24, 2.45) is 7.05 Å². The first-order valence-electron chi connectivity index (χ1n) is 6.74. The zero-order valence-electron chi connectivity index (χ0n) is 12.0. The van der Waals surface area contributed by atoms with Gasteiger partial charge in [0.15, 0.2) is 0 Å². The van der Waals surface area contributed by atoms with Crippen LogP contribution in [0.5, 0.6) is 0 Å². The summed E-state index contributed by atoms with van der Waals surface area (Å²) in [4.78, 5) is 4.17. The van der Waals surface area contributed by atoms with E-state index in [0.717, 1.165) is 16.8 Å². The maximum atomic E-state index is 4.40. The van der Waals surface area contributed by atoms with Gasteiger partial charge in [-0.1, -0.05) is 12.1 Å². The van der Waals surface area contributed by atoms with Gasteiger partial charge in [-0.3, -0.25) is 9.67 Å². The Morgan fingerprint density at radius 2 is 2.10 bits per heavy atom. The van der Waals surface area contributed by atoms with Gasteiger partial charge in [0.2, 0.25) is 0 Å². The van der Waals surface area contributed by atoms with Crippen LogP contribution in [0.15, 0.2) is 42.9 Å². The molecule has 1 atom stereocenters. The molecule has 0 aliphatic rings. The zero-order valence-corrected chi connectivity index (χ0v) is 12.0. The number of benzene rings is 1. The highest BCUT2D eigenvalue weighted by molar-refractivity contribution is 5.93. The summed E-state index contributed by atoms with van der Waals surface area (Å²) in [5.41, 5.74) is 3.41. The molecular formula is C16H18N4. The summed E-state index contributed by atoms with van der Waals surface area (Å²) >= 11 is 0. The van der Waals surface area contributed by atoms with E-state index in [4.69, 9.17) is 0 Å². The molecule has 0 amide bonds. The van der Waals surface area contributed by atoms with Crippen LogP contribution in [0.3, 0.4) is 0 Å². The summed E-state index contributed by atoms with van der Waals surface area (Å²) in [5.74, 6) is 0. The van der Waals surface area contributed by atoms with Crippen molar-refractivity contribution >= 4 is 16.5 Å². The van der Waals surface area contributed by atoms with Crippen LogP contribution < -0.4 is 5.32 Å². The van der Waals surface area contributed by atoms with Crippen LogP contribution in [0, 0.1) is 6.92 Å². The monoisotopic (exact) mass is 266 g/mol. The summed E-state index contributed by atoms with van der Waals surface area (Å²) < 4.78 is 1.86. The number of hydrogen-bond donors (Lipinski definition) is 1. The number of pyridine rings is 1. The summed E-state index contributed by atoms with van der Waals surface area (Å²) in [6.45, 7) is 4.20. The van der Waals surface area contributed by atoms with Gasteiger partial charge in [-0.15, -0.1) is 0 Å². The molecule has 0 bridgehead atoms. The Labute approximate surface area is 118 Å². The minimum absolute atomic E-state index is 0.211. The quantitative estimate of drug-likeness (QED) is 0.789. The van der Waals surface area contributed by atoms with Crippen molar-refractivity contribution in [3.05, 3.63) is 54.1 Å². The Balaban J connectivity index is 1.95. The maximum absolute atomic E-state index is 4.40. The molecule has 0 spiro atoms. The lowest BCUT2D eigenvalue weighted by Gasteiger charge is -2.16. The third-order valence-electron chi connectivity index (χ3n) is 3.57. The van der Waals surface area contributed by atoms with E-state index in [1.807, 2.05) is 37.1 Å². The number of fused-ring (bicyclic) bond motifs is 1. The van der Waals surface area contributed by atoms with Crippen molar-refractivity contribution < 1.29 is 0 Å². The SMILES string of the molecule is Cc1nn(C)cc1C(C)Nc1cccc2cnccc12. The normalized spacial score (nSPS) is 12.6. The number of hydrogen-bond acceptors (Lipinski definition) is 3. The minimum atomic E-state index is 0.211. The van der Waals surface area contributed by atoms with Crippen molar-refractivity contribution in [2.45, 2.75) is 19.9 Å². The average Bonchev–Trinajstić information content (AvgIpc) is 2.78. The number of aryl methyl sites for hydroxylation is 2. The van der Waals surface area contributed by atoms with Gasteiger partial charge in [0, 0.05) is 47.7 Å². The standard InChI is InChI=1S/C16H18N4/c1-11(15-10-20(3)19-12(15)2)18-16-6-4-5-13-9-17-8-7-14(13)16/h4-11,18H,1-3H3. The molecule has 0 saturated carbocycles. The van der Waals surface area contributed by atoms with Crippen LogP contribution in [0.2, 0.25) is 0 Å². The third-order valence-corrected chi connectivity index (χ3v) is 3.57. The van der Waals surface area contributed by atoms with Crippen LogP contribution in [0.1, 0.15) is 24.2 Å². The molecule has 2 aromatic heterocycles. The van der Waals surface area contributed by atoms with E-state index in [2.05, 4.69) is 46.7 Å². The molecule has 2 heterocycles. The zero-order chi connectivity index (χ0) is 14.1. The van der Waals surface area contributed by atoms with Gasteiger partial charge in [-0.25, -0.2) is 0 Å². The molecule has 1 unspecified atom stereocenters. The van der Waals surface area contributed by atoms with Crippen LogP contribution in [-0.2, 0) is 7.05 Å². The molecule has 0 aliphatic carbocycles. The second kappa shape index (κ2) is 4.96. The van der Waals surface area contributed by atoms with Crippen molar-refractivity contribution in [1.29, 1.82) is 0 Å². The van der Waals surface area contributed by atoms with Gasteiger partial charge in [-0.2, -0.15) is 5.10 Å². The highest BCUT2D eigenvalue weighted by Crippen LogP contribution is 2.27. The fourth-order valence-electron chi connectivity index (χ4n) is 2.60. The number of rotatable bonds is 3. The highest BCUT2D eigenvalue weighted by atomic mass is 15.3. The largest absolute Gasteiger partial charge is 0.378 e. The summed E-state index contributed by atoms with van der Waals surface area (Å²) in [6.07, 6.45) is 5.79. The number of nitrogens with zero attached hydrogens (tertiary/aromatic N) is 3. The predicted molar refractivity (Wildman–Crippen MR) is 81.7 cm³/mol. The molecule has 4 nitrogen and oxygen atoms in total. The van der Waals surface area contributed by atoms with Crippen LogP contribution >= 0.6 is 0 Å². The van der Waals surface area contributed by atoms with Crippen LogP contribution in [0.4, 0.5) is 5.69 Å². The van der Waals surface area contributed by atoms with Gasteiger partial charge in [0.1, 0.15) is 0 Å². The predicted octanol–water partition coefficient (Wildman–Crippen LogP) is 3.45. The molecule has 0 aliphatic heterocycles. The Kier molecular flexibility index (Phi) is 3.14. The second-order valence-electron chi connectivity index (χ2n) is 5.11. The Morgan fingerprint density at radius 1 is 1.25 bits per heavy atom. The van der Waals surface area contributed by atoms with Crippen molar-refractivity contribution in [1.82, 2.24) is 14.8 Å². The molecule has 3 rings (SSSR count). The van der Waals surface area contributed by atoms with E-state index in [-0.39, 0.29) is 6.04 Å². The smallest absolute Gasteiger partial charge is 0.0646 e. The van der Waals surface area contributed by atoms with E-state index in [0.29, 0.717) is 0 Å². The lowest BCUT2D eigenvalue weighted by Crippen LogP contribution is -2.07. The van der Waals surface area contributed by atoms with E-state index >= 15 is 0 Å². The topological polar surface area (TPSA) is 42.7 Å². The average molecular weight is 266 g/mol. The summed E-state index contributed by atoms with van der Waals surface area (Å²) in [5, 5.41) is 10.3. The van der Waals surface area contributed by atoms with Crippen molar-refractivity contribution in [3.8, 4) is 0 Å². The molecule has 4 heteroatoms. The van der Waals surface area contributed by atoms with Crippen LogP contribution in [0.25, 0.3) is 10.8 Å². The first-order valence-corrected chi connectivity index (χ1v) is 6.74. The first kappa shape index (κ1) is 12.7. The first-order chi connectivity index (χ1) is 9.65. The molecule has 1 N–H and O–H groups in total. The van der Waals surface area contributed by atoms with Gasteiger partial charge in [0.05, 0.1) is 11.7 Å². The Morgan fingerprint density at radius 3 is 2.85 bits per heavy atom. The number of anilines is 1. The molecule has 102 valence electrons. The minimum Gasteiger partial charge on any atom is -0.378 e. The number of aromatic nitrogens is 3. The maximum Gasteiger partial charge on any atom is 0.0646 e. The van der Waals surface area contributed by atoms with Gasteiger partial charge < -0.3 is 5.32 Å². The molecule has 0 radical (unpaired) electrons. The van der Waals surface area contributed by atoms with Gasteiger partial charge in [0.25, 0.3) is 0 Å². The molecule has 0 saturated heterocycles. The fourth-order valence-corrected chi connectivity index (χ4v) is 2.60. The van der Waals surface area contributed by atoms with E-state index < -0.39 is 0 Å². The fraction of sp³-hybridized carbons (Fsp3) is 0.250. The molecule has 20 heavy (non-hydrogen) atoms. The Bertz CT molecular complexity index is 740. The van der Waals surface area contributed by atoms with Crippen molar-refractivity contribution in [3.63, 3.8) is 0 Å². The molecule has 1 aromatic carbocycles. The van der Waals surface area contributed by atoms with E-state index in [1.54, 1.807) is 0 Å². The number of nitrogens with one attached hydrogen (secondary N) is 1.